The van der Waals surface area contributed by atoms with E-state index in [-0.39, 0.29) is 5.91 Å². The van der Waals surface area contributed by atoms with E-state index in [1.54, 1.807) is 54.9 Å². The number of nitrogens with one attached hydrogen (secondary N) is 1. The Morgan fingerprint density at radius 3 is 2.48 bits per heavy atom. The largest absolute Gasteiger partial charge is 0.465 e. The number of benzene rings is 2. The third kappa shape index (κ3) is 3.01. The molecule has 0 saturated heterocycles. The number of fused-ring (bicyclic) bond motifs is 1. The van der Waals surface area contributed by atoms with Crippen molar-refractivity contribution in [3.05, 3.63) is 66.0 Å². The summed E-state index contributed by atoms with van der Waals surface area (Å²) in [6, 6.07) is 11.7. The van der Waals surface area contributed by atoms with Crippen molar-refractivity contribution in [2.24, 2.45) is 0 Å². The van der Waals surface area contributed by atoms with E-state index >= 15 is 0 Å². The number of esters is 1. The van der Waals surface area contributed by atoms with E-state index in [1.165, 1.54) is 7.11 Å². The highest BCUT2D eigenvalue weighted by molar-refractivity contribution is 6.11. The minimum absolute atomic E-state index is 0.290. The van der Waals surface area contributed by atoms with E-state index < -0.39 is 5.97 Å². The number of amides is 1. The average Bonchev–Trinajstić information content (AvgIpc) is 2.61. The molecule has 6 nitrogen and oxygen atoms in total. The molecule has 0 atom stereocenters. The molecule has 23 heavy (non-hydrogen) atoms. The Morgan fingerprint density at radius 2 is 1.74 bits per heavy atom. The molecule has 0 aliphatic heterocycles. The van der Waals surface area contributed by atoms with Crippen molar-refractivity contribution in [2.45, 2.75) is 0 Å². The normalized spacial score (nSPS) is 10.3. The first kappa shape index (κ1) is 14.6. The van der Waals surface area contributed by atoms with Crippen LogP contribution in [-0.2, 0) is 4.74 Å². The number of carbonyl (C=O) groups excluding carboxylic acids is 2. The summed E-state index contributed by atoms with van der Waals surface area (Å²) >= 11 is 0. The van der Waals surface area contributed by atoms with Gasteiger partial charge in [-0.25, -0.2) is 4.79 Å². The highest BCUT2D eigenvalue weighted by Crippen LogP contribution is 2.17. The number of hydrogen-bond acceptors (Lipinski definition) is 5. The van der Waals surface area contributed by atoms with E-state index in [1.807, 2.05) is 0 Å². The van der Waals surface area contributed by atoms with Crippen molar-refractivity contribution < 1.29 is 14.3 Å². The highest BCUT2D eigenvalue weighted by Gasteiger charge is 2.12. The van der Waals surface area contributed by atoms with Gasteiger partial charge in [-0.15, -0.1) is 0 Å². The average molecular weight is 307 g/mol. The third-order valence-corrected chi connectivity index (χ3v) is 3.31. The summed E-state index contributed by atoms with van der Waals surface area (Å²) in [6.45, 7) is 0. The van der Waals surface area contributed by atoms with Gasteiger partial charge in [-0.1, -0.05) is 6.07 Å². The Balaban J connectivity index is 1.85. The minimum Gasteiger partial charge on any atom is -0.465 e. The molecule has 0 fully saturated rings. The topological polar surface area (TPSA) is 81.2 Å². The van der Waals surface area contributed by atoms with Gasteiger partial charge in [0.15, 0.2) is 0 Å². The fourth-order valence-corrected chi connectivity index (χ4v) is 2.18. The van der Waals surface area contributed by atoms with Crippen molar-refractivity contribution >= 4 is 28.6 Å². The van der Waals surface area contributed by atoms with Crippen LogP contribution in [-0.4, -0.2) is 29.0 Å². The lowest BCUT2D eigenvalue weighted by Gasteiger charge is -2.07. The Morgan fingerprint density at radius 1 is 1.00 bits per heavy atom. The van der Waals surface area contributed by atoms with Gasteiger partial charge < -0.3 is 10.1 Å². The van der Waals surface area contributed by atoms with Gasteiger partial charge in [0.05, 0.1) is 23.8 Å². The van der Waals surface area contributed by atoms with Gasteiger partial charge in [-0.05, 0) is 36.4 Å². The van der Waals surface area contributed by atoms with E-state index in [2.05, 4.69) is 20.0 Å². The maximum Gasteiger partial charge on any atom is 0.337 e. The van der Waals surface area contributed by atoms with Gasteiger partial charge >= 0.3 is 5.97 Å². The van der Waals surface area contributed by atoms with Gasteiger partial charge in [0, 0.05) is 18.1 Å². The maximum absolute atomic E-state index is 12.4. The molecule has 3 rings (SSSR count). The van der Waals surface area contributed by atoms with Crippen LogP contribution in [0.5, 0.6) is 0 Å². The molecule has 0 spiro atoms. The summed E-state index contributed by atoms with van der Waals surface area (Å²) < 4.78 is 4.63. The van der Waals surface area contributed by atoms with Gasteiger partial charge in [-0.2, -0.15) is 0 Å². The van der Waals surface area contributed by atoms with Gasteiger partial charge in [-0.3, -0.25) is 14.8 Å². The SMILES string of the molecule is COC(=O)c1ccc(NC(=O)c2cccc3nccnc23)cc1. The van der Waals surface area contributed by atoms with Crippen LogP contribution in [0.15, 0.2) is 54.9 Å². The smallest absolute Gasteiger partial charge is 0.337 e. The van der Waals surface area contributed by atoms with Crippen LogP contribution in [0.4, 0.5) is 5.69 Å². The number of carbonyl (C=O) groups is 2. The zero-order valence-electron chi connectivity index (χ0n) is 12.3. The molecule has 3 aromatic rings. The lowest BCUT2D eigenvalue weighted by atomic mass is 10.1. The zero-order valence-corrected chi connectivity index (χ0v) is 12.3. The van der Waals surface area contributed by atoms with Crippen molar-refractivity contribution in [2.75, 3.05) is 12.4 Å². The number of nitrogens with zero attached hydrogens (tertiary/aromatic N) is 2. The molecular weight excluding hydrogens is 294 g/mol. The van der Waals surface area contributed by atoms with Crippen LogP contribution in [0.25, 0.3) is 11.0 Å². The van der Waals surface area contributed by atoms with E-state index in [0.29, 0.717) is 27.8 Å². The molecule has 1 aromatic heterocycles. The van der Waals surface area contributed by atoms with E-state index in [9.17, 15) is 9.59 Å². The number of para-hydroxylation sites is 1. The molecule has 1 heterocycles. The standard InChI is InChI=1S/C17H13N3O3/c1-23-17(22)11-5-7-12(8-6-11)20-16(21)13-3-2-4-14-15(13)19-10-9-18-14/h2-10H,1H3,(H,20,21). The minimum atomic E-state index is -0.424. The van der Waals surface area contributed by atoms with E-state index in [0.717, 1.165) is 0 Å². The van der Waals surface area contributed by atoms with E-state index in [4.69, 9.17) is 0 Å². The third-order valence-electron chi connectivity index (χ3n) is 3.31. The summed E-state index contributed by atoms with van der Waals surface area (Å²) in [5, 5.41) is 2.78. The number of methoxy groups -OCH3 is 1. The van der Waals surface area contributed by atoms with Crippen LogP contribution in [0.1, 0.15) is 20.7 Å². The molecule has 0 saturated carbocycles. The fraction of sp³-hybridized carbons (Fsp3) is 0.0588. The molecule has 114 valence electrons. The summed E-state index contributed by atoms with van der Waals surface area (Å²) in [6.07, 6.45) is 3.12. The van der Waals surface area contributed by atoms with Crippen molar-refractivity contribution in [1.29, 1.82) is 0 Å². The lowest BCUT2D eigenvalue weighted by molar-refractivity contribution is 0.0600. The molecule has 0 aliphatic rings. The van der Waals surface area contributed by atoms with Gasteiger partial charge in [0.1, 0.15) is 5.52 Å². The van der Waals surface area contributed by atoms with Crippen LogP contribution < -0.4 is 5.32 Å². The van der Waals surface area contributed by atoms with Crippen LogP contribution >= 0.6 is 0 Å². The number of anilines is 1. The second-order valence-corrected chi connectivity index (χ2v) is 4.75. The molecule has 2 aromatic carbocycles. The summed E-state index contributed by atoms with van der Waals surface area (Å²) in [5.74, 6) is -0.714. The van der Waals surface area contributed by atoms with Gasteiger partial charge in [0.2, 0.25) is 0 Å². The zero-order chi connectivity index (χ0) is 16.2. The molecular formula is C17H13N3O3. The number of hydrogen-bond donors (Lipinski definition) is 1. The van der Waals surface area contributed by atoms with Crippen LogP contribution in [0.3, 0.4) is 0 Å². The maximum atomic E-state index is 12.4. The van der Waals surface area contributed by atoms with Crippen molar-refractivity contribution in [3.63, 3.8) is 0 Å². The molecule has 0 aliphatic carbocycles. The molecule has 1 amide bonds. The number of rotatable bonds is 3. The van der Waals surface area contributed by atoms with Crippen molar-refractivity contribution in [3.8, 4) is 0 Å². The molecule has 0 radical (unpaired) electrons. The van der Waals surface area contributed by atoms with Crippen LogP contribution in [0.2, 0.25) is 0 Å². The summed E-state index contributed by atoms with van der Waals surface area (Å²) in [7, 11) is 1.32. The number of ether oxygens (including phenoxy) is 1. The lowest BCUT2D eigenvalue weighted by Crippen LogP contribution is -2.13. The summed E-state index contributed by atoms with van der Waals surface area (Å²) in [4.78, 5) is 32.2. The fourth-order valence-electron chi connectivity index (χ4n) is 2.18. The molecule has 0 bridgehead atoms. The molecule has 6 heteroatoms. The van der Waals surface area contributed by atoms with Crippen molar-refractivity contribution in [1.82, 2.24) is 9.97 Å². The van der Waals surface area contributed by atoms with Crippen LogP contribution in [0, 0.1) is 0 Å². The Bertz CT molecular complexity index is 870. The predicted molar refractivity (Wildman–Crippen MR) is 85.3 cm³/mol. The second-order valence-electron chi connectivity index (χ2n) is 4.75. The molecule has 0 unspecified atom stereocenters. The first-order chi connectivity index (χ1) is 11.2. The highest BCUT2D eigenvalue weighted by atomic mass is 16.5. The Kier molecular flexibility index (Phi) is 3.97. The van der Waals surface area contributed by atoms with Gasteiger partial charge in [0.25, 0.3) is 5.91 Å². The molecule has 1 N–H and O–H groups in total. The number of aromatic nitrogens is 2. The Hall–Kier alpha value is -3.28. The first-order valence-electron chi connectivity index (χ1n) is 6.88. The second kappa shape index (κ2) is 6.23. The Labute approximate surface area is 132 Å². The first-order valence-corrected chi connectivity index (χ1v) is 6.88. The predicted octanol–water partition coefficient (Wildman–Crippen LogP) is 2.67. The summed E-state index contributed by atoms with van der Waals surface area (Å²) in [5.41, 5.74) is 2.62. The quantitative estimate of drug-likeness (QED) is 0.752. The monoisotopic (exact) mass is 307 g/mol.